The average Bonchev–Trinajstić information content (AvgIpc) is 2.68. The molecule has 0 atom stereocenters. The van der Waals surface area contributed by atoms with E-state index in [1.54, 1.807) is 6.33 Å². The van der Waals surface area contributed by atoms with Gasteiger partial charge in [0.25, 0.3) is 0 Å². The highest BCUT2D eigenvalue weighted by molar-refractivity contribution is 5.92. The third kappa shape index (κ3) is 3.36. The Balaban J connectivity index is 1.72. The summed E-state index contributed by atoms with van der Waals surface area (Å²) in [4.78, 5) is 9.05. The first-order valence-electron chi connectivity index (χ1n) is 9.10. The number of hydrogen-bond donors (Lipinski definition) is 0. The van der Waals surface area contributed by atoms with Crippen LogP contribution in [0, 0.1) is 5.92 Å². The number of fused-ring (bicyclic) bond motifs is 1. The number of hydrogen-bond acceptors (Lipinski definition) is 2. The lowest BCUT2D eigenvalue weighted by Crippen LogP contribution is -1.95. The summed E-state index contributed by atoms with van der Waals surface area (Å²) >= 11 is 0. The van der Waals surface area contributed by atoms with Gasteiger partial charge in [0.15, 0.2) is 0 Å². The molecule has 1 aromatic heterocycles. The number of benzene rings is 3. The lowest BCUT2D eigenvalue weighted by atomic mass is 9.98. The number of nitrogens with zero attached hydrogens (tertiary/aromatic N) is 2. The van der Waals surface area contributed by atoms with Crippen molar-refractivity contribution in [3.8, 4) is 22.4 Å². The van der Waals surface area contributed by atoms with Crippen LogP contribution in [0.4, 0.5) is 0 Å². The summed E-state index contributed by atoms with van der Waals surface area (Å²) in [5, 5.41) is 1.10. The molecule has 128 valence electrons. The minimum absolute atomic E-state index is 0.638. The lowest BCUT2D eigenvalue weighted by Gasteiger charge is -2.09. The molecule has 4 aromatic rings. The van der Waals surface area contributed by atoms with Crippen molar-refractivity contribution < 1.29 is 0 Å². The van der Waals surface area contributed by atoms with Crippen LogP contribution in [0.5, 0.6) is 0 Å². The molecule has 0 fully saturated rings. The highest BCUT2D eigenvalue weighted by Gasteiger charge is 2.08. The highest BCUT2D eigenvalue weighted by atomic mass is 14.8. The molecular formula is C24H22N2. The van der Waals surface area contributed by atoms with Gasteiger partial charge >= 0.3 is 0 Å². The summed E-state index contributed by atoms with van der Waals surface area (Å²) in [6.07, 6.45) is 2.74. The second-order valence-electron chi connectivity index (χ2n) is 7.12. The van der Waals surface area contributed by atoms with Crippen molar-refractivity contribution in [3.63, 3.8) is 0 Å². The van der Waals surface area contributed by atoms with Crippen LogP contribution < -0.4 is 0 Å². The molecule has 2 heteroatoms. The van der Waals surface area contributed by atoms with Crippen molar-refractivity contribution in [2.75, 3.05) is 0 Å². The van der Waals surface area contributed by atoms with Gasteiger partial charge in [-0.1, -0.05) is 80.6 Å². The third-order valence-corrected chi connectivity index (χ3v) is 4.61. The summed E-state index contributed by atoms with van der Waals surface area (Å²) in [7, 11) is 0. The van der Waals surface area contributed by atoms with Gasteiger partial charge in [-0.25, -0.2) is 9.97 Å². The van der Waals surface area contributed by atoms with Crippen LogP contribution in [-0.2, 0) is 6.42 Å². The Bertz CT molecular complexity index is 1020. The molecule has 0 N–H and O–H groups in total. The minimum atomic E-state index is 0.638. The van der Waals surface area contributed by atoms with Crippen molar-refractivity contribution in [2.45, 2.75) is 20.3 Å². The van der Waals surface area contributed by atoms with Crippen molar-refractivity contribution in [1.82, 2.24) is 9.97 Å². The molecule has 0 saturated carbocycles. The fourth-order valence-electron chi connectivity index (χ4n) is 3.38. The summed E-state index contributed by atoms with van der Waals surface area (Å²) in [5.74, 6) is 0.638. The molecule has 2 nitrogen and oxygen atoms in total. The first-order chi connectivity index (χ1) is 12.7. The Labute approximate surface area is 154 Å². The molecule has 0 unspecified atom stereocenters. The molecular weight excluding hydrogens is 316 g/mol. The first-order valence-corrected chi connectivity index (χ1v) is 9.10. The largest absolute Gasteiger partial charge is 0.236 e. The fraction of sp³-hybridized carbons (Fsp3) is 0.167. The second-order valence-corrected chi connectivity index (χ2v) is 7.12. The predicted molar refractivity (Wildman–Crippen MR) is 109 cm³/mol. The van der Waals surface area contributed by atoms with Crippen LogP contribution >= 0.6 is 0 Å². The maximum absolute atomic E-state index is 4.56. The van der Waals surface area contributed by atoms with E-state index in [-0.39, 0.29) is 0 Å². The molecule has 4 rings (SSSR count). The smallest absolute Gasteiger partial charge is 0.116 e. The van der Waals surface area contributed by atoms with Crippen molar-refractivity contribution in [3.05, 3.63) is 84.7 Å². The van der Waals surface area contributed by atoms with Crippen LogP contribution in [-0.4, -0.2) is 9.97 Å². The second kappa shape index (κ2) is 7.09. The van der Waals surface area contributed by atoms with E-state index in [0.717, 1.165) is 28.6 Å². The van der Waals surface area contributed by atoms with Crippen LogP contribution in [0.2, 0.25) is 0 Å². The summed E-state index contributed by atoms with van der Waals surface area (Å²) in [6, 6.07) is 25.6. The van der Waals surface area contributed by atoms with Crippen molar-refractivity contribution >= 4 is 10.9 Å². The van der Waals surface area contributed by atoms with E-state index < -0.39 is 0 Å². The van der Waals surface area contributed by atoms with Crippen LogP contribution in [0.3, 0.4) is 0 Å². The van der Waals surface area contributed by atoms with Crippen LogP contribution in [0.1, 0.15) is 19.4 Å². The Kier molecular flexibility index (Phi) is 4.49. The van der Waals surface area contributed by atoms with Gasteiger partial charge in [0, 0.05) is 10.9 Å². The average molecular weight is 338 g/mol. The molecule has 0 spiro atoms. The SMILES string of the molecule is CC(C)Cc1ccc2c(-c3ccc(-c4ccccc4)cc3)ncnc2c1. The Morgan fingerprint density at radius 1 is 0.731 bits per heavy atom. The molecule has 3 aromatic carbocycles. The van der Waals surface area contributed by atoms with Gasteiger partial charge in [-0.2, -0.15) is 0 Å². The first kappa shape index (κ1) is 16.5. The molecule has 0 radical (unpaired) electrons. The monoisotopic (exact) mass is 338 g/mol. The quantitative estimate of drug-likeness (QED) is 0.445. The predicted octanol–water partition coefficient (Wildman–Crippen LogP) is 6.16. The molecule has 0 saturated heterocycles. The summed E-state index contributed by atoms with van der Waals surface area (Å²) in [5.41, 5.74) is 6.90. The molecule has 26 heavy (non-hydrogen) atoms. The van der Waals surface area contributed by atoms with Gasteiger partial charge in [-0.05, 0) is 35.1 Å². The molecule has 1 heterocycles. The summed E-state index contributed by atoms with van der Waals surface area (Å²) in [6.45, 7) is 4.48. The van der Waals surface area contributed by atoms with E-state index in [1.807, 2.05) is 6.07 Å². The highest BCUT2D eigenvalue weighted by Crippen LogP contribution is 2.28. The minimum Gasteiger partial charge on any atom is -0.236 e. The molecule has 0 aliphatic carbocycles. The normalized spacial score (nSPS) is 11.2. The molecule has 0 aliphatic heterocycles. The van der Waals surface area contributed by atoms with Gasteiger partial charge in [0.2, 0.25) is 0 Å². The Hall–Kier alpha value is -3.00. The Morgan fingerprint density at radius 3 is 2.15 bits per heavy atom. The van der Waals surface area contributed by atoms with E-state index in [9.17, 15) is 0 Å². The fourth-order valence-corrected chi connectivity index (χ4v) is 3.38. The van der Waals surface area contributed by atoms with E-state index in [0.29, 0.717) is 5.92 Å². The zero-order chi connectivity index (χ0) is 17.9. The topological polar surface area (TPSA) is 25.8 Å². The van der Waals surface area contributed by atoms with Crippen LogP contribution in [0.25, 0.3) is 33.3 Å². The van der Waals surface area contributed by atoms with Crippen molar-refractivity contribution in [2.24, 2.45) is 5.92 Å². The number of rotatable bonds is 4. The van der Waals surface area contributed by atoms with Crippen LogP contribution in [0.15, 0.2) is 79.1 Å². The van der Waals surface area contributed by atoms with E-state index >= 15 is 0 Å². The zero-order valence-corrected chi connectivity index (χ0v) is 15.2. The standard InChI is InChI=1S/C24H22N2/c1-17(2)14-18-8-13-22-23(15-18)25-16-26-24(22)21-11-9-20(10-12-21)19-6-4-3-5-7-19/h3-13,15-17H,14H2,1-2H3. The maximum Gasteiger partial charge on any atom is 0.116 e. The maximum atomic E-state index is 4.56. The lowest BCUT2D eigenvalue weighted by molar-refractivity contribution is 0.647. The van der Waals surface area contributed by atoms with E-state index in [4.69, 9.17) is 0 Å². The van der Waals surface area contributed by atoms with E-state index in [1.165, 1.54) is 16.7 Å². The Morgan fingerprint density at radius 2 is 1.42 bits per heavy atom. The van der Waals surface area contributed by atoms with Gasteiger partial charge < -0.3 is 0 Å². The molecule has 0 aliphatic rings. The number of aromatic nitrogens is 2. The van der Waals surface area contributed by atoms with Gasteiger partial charge in [-0.15, -0.1) is 0 Å². The summed E-state index contributed by atoms with van der Waals surface area (Å²) < 4.78 is 0. The molecule has 0 amide bonds. The van der Waals surface area contributed by atoms with Crippen molar-refractivity contribution in [1.29, 1.82) is 0 Å². The molecule has 0 bridgehead atoms. The zero-order valence-electron chi connectivity index (χ0n) is 15.2. The van der Waals surface area contributed by atoms with Gasteiger partial charge in [0.1, 0.15) is 6.33 Å². The van der Waals surface area contributed by atoms with Gasteiger partial charge in [0.05, 0.1) is 11.2 Å². The van der Waals surface area contributed by atoms with Gasteiger partial charge in [-0.3, -0.25) is 0 Å². The van der Waals surface area contributed by atoms with E-state index in [2.05, 4.69) is 90.5 Å². The third-order valence-electron chi connectivity index (χ3n) is 4.61.